The highest BCUT2D eigenvalue weighted by atomic mass is 16.7. The molecule has 1 fully saturated rings. The number of benzene rings is 3. The molecule has 3 aromatic carbocycles. The quantitative estimate of drug-likeness (QED) is 0.0680. The van der Waals surface area contributed by atoms with Crippen LogP contribution in [0.25, 0.3) is 0 Å². The normalized spacial score (nSPS) is 23.8. The molecular weight excluding hydrogens is 806 g/mol. The second-order valence-corrected chi connectivity index (χ2v) is 15.1. The molecule has 21 nitrogen and oxygen atoms in total. The number of amides is 1. The Bertz CT molecular complexity index is 2500. The van der Waals surface area contributed by atoms with Crippen LogP contribution in [-0.2, 0) is 50.0 Å². The van der Waals surface area contributed by atoms with E-state index in [4.69, 9.17) is 28.4 Å². The number of aliphatic hydroxyl groups is 2. The third-order valence-corrected chi connectivity index (χ3v) is 11.3. The average Bonchev–Trinajstić information content (AvgIpc) is 3.88. The van der Waals surface area contributed by atoms with Crippen molar-refractivity contribution in [3.63, 3.8) is 0 Å². The Morgan fingerprint density at radius 1 is 1.08 bits per heavy atom. The number of aromatic nitrogens is 3. The molecule has 1 saturated heterocycles. The smallest absolute Gasteiger partial charge is 0.278 e. The van der Waals surface area contributed by atoms with Crippen molar-refractivity contribution < 1.29 is 72.9 Å². The Kier molecular flexibility index (Phi) is 10.7. The van der Waals surface area contributed by atoms with Crippen molar-refractivity contribution >= 4 is 28.9 Å². The number of Topliss-reactive ketones (excluding diaryl/α,β-unsaturated/α-hetero) is 1. The molecule has 320 valence electrons. The number of phenolic OH excluding ortho intramolecular Hbond substituents is 2. The number of phenols is 2. The fraction of sp³-hybridized carbons (Fsp3) is 0.400. The number of nitrogens with one attached hydrogen (secondary N) is 1. The van der Waals surface area contributed by atoms with Gasteiger partial charge in [0.2, 0.25) is 18.5 Å². The largest absolute Gasteiger partial charge is 0.507 e. The molecule has 0 radical (unpaired) electrons. The van der Waals surface area contributed by atoms with Gasteiger partial charge in [-0.25, -0.2) is 4.68 Å². The van der Waals surface area contributed by atoms with E-state index in [1.807, 2.05) is 0 Å². The van der Waals surface area contributed by atoms with E-state index in [0.29, 0.717) is 11.4 Å². The topological polar surface area (TPSA) is 290 Å². The van der Waals surface area contributed by atoms with Crippen LogP contribution in [0.1, 0.15) is 87.0 Å². The van der Waals surface area contributed by atoms with Gasteiger partial charge in [-0.3, -0.25) is 29.3 Å². The van der Waals surface area contributed by atoms with Crippen LogP contribution in [0.3, 0.4) is 0 Å². The number of carbonyl (C=O) groups excluding carboxylic acids is 4. The van der Waals surface area contributed by atoms with Crippen LogP contribution in [0.2, 0.25) is 0 Å². The molecule has 8 rings (SSSR count). The van der Waals surface area contributed by atoms with E-state index in [1.165, 1.54) is 55.2 Å². The van der Waals surface area contributed by atoms with Crippen LogP contribution in [0, 0.1) is 10.1 Å². The van der Waals surface area contributed by atoms with Gasteiger partial charge >= 0.3 is 0 Å². The SMILES string of the molecule is COc1cccc2c1C(=O)c1c(O)c3c(c(O)c1C2=O)C[C@@](O)(C(C)=O)C[C@@H]3O[C@H]1C[C@H](NC(=O)Cn2cc(COCc3cc4c(cc3[N+](=O)[O-])OCO4)nn2)[C@H](O)[C@H](C)O1. The number of nitro groups is 1. The summed E-state index contributed by atoms with van der Waals surface area (Å²) in [6.45, 7) is 2.00. The molecule has 4 aliphatic rings. The molecule has 3 heterocycles. The summed E-state index contributed by atoms with van der Waals surface area (Å²) in [7, 11) is 1.31. The van der Waals surface area contributed by atoms with Gasteiger partial charge in [0.05, 0.1) is 78.0 Å². The van der Waals surface area contributed by atoms with Gasteiger partial charge in [0.15, 0.2) is 29.4 Å². The van der Waals surface area contributed by atoms with Gasteiger partial charge in [0.25, 0.3) is 5.69 Å². The number of aliphatic hydroxyl groups excluding tert-OH is 1. The van der Waals surface area contributed by atoms with Crippen LogP contribution in [0.4, 0.5) is 5.69 Å². The van der Waals surface area contributed by atoms with Crippen molar-refractivity contribution in [2.24, 2.45) is 0 Å². The lowest BCUT2D eigenvalue weighted by molar-refractivity contribution is -0.386. The number of ether oxygens (including phenoxy) is 6. The maximum absolute atomic E-state index is 14.0. The predicted molar refractivity (Wildman–Crippen MR) is 202 cm³/mol. The number of methoxy groups -OCH3 is 1. The molecule has 6 atom stereocenters. The zero-order chi connectivity index (χ0) is 43.5. The van der Waals surface area contributed by atoms with E-state index in [9.17, 15) is 49.7 Å². The number of aromatic hydroxyl groups is 2. The maximum atomic E-state index is 14.0. The monoisotopic (exact) mass is 845 g/mol. The number of nitro benzene ring substituents is 1. The average molecular weight is 846 g/mol. The second-order valence-electron chi connectivity index (χ2n) is 15.1. The first-order chi connectivity index (χ1) is 29.1. The fourth-order valence-electron chi connectivity index (χ4n) is 8.17. The first kappa shape index (κ1) is 41.2. The van der Waals surface area contributed by atoms with Crippen LogP contribution in [0.15, 0.2) is 36.5 Å². The van der Waals surface area contributed by atoms with Crippen molar-refractivity contribution in [3.8, 4) is 28.7 Å². The Hall–Kier alpha value is -6.52. The molecular formula is C40H39N5O16. The number of hydrogen-bond donors (Lipinski definition) is 5. The molecule has 2 aliphatic carbocycles. The van der Waals surface area contributed by atoms with Gasteiger partial charge in [-0.05, 0) is 26.0 Å². The zero-order valence-electron chi connectivity index (χ0n) is 32.8. The molecule has 2 aliphatic heterocycles. The summed E-state index contributed by atoms with van der Waals surface area (Å²) in [6.07, 6.45) is -4.55. The number of hydrogen-bond acceptors (Lipinski definition) is 18. The summed E-state index contributed by atoms with van der Waals surface area (Å²) in [5.41, 5.74) is -3.31. The number of nitrogens with zero attached hydrogens (tertiary/aromatic N) is 4. The third-order valence-electron chi connectivity index (χ3n) is 11.3. The molecule has 1 aromatic heterocycles. The molecule has 1 amide bonds. The molecule has 0 saturated carbocycles. The van der Waals surface area contributed by atoms with Crippen molar-refractivity contribution in [3.05, 3.63) is 91.3 Å². The number of ketones is 3. The van der Waals surface area contributed by atoms with Crippen molar-refractivity contribution in [1.82, 2.24) is 20.3 Å². The Labute approximate surface area is 344 Å². The van der Waals surface area contributed by atoms with Crippen molar-refractivity contribution in [2.45, 2.75) is 89.1 Å². The summed E-state index contributed by atoms with van der Waals surface area (Å²) in [6, 6.07) is 6.08. The van der Waals surface area contributed by atoms with E-state index in [-0.39, 0.29) is 78.0 Å². The minimum atomic E-state index is -2.14. The highest BCUT2D eigenvalue weighted by Gasteiger charge is 2.49. The molecule has 0 bridgehead atoms. The lowest BCUT2D eigenvalue weighted by Gasteiger charge is -2.42. The summed E-state index contributed by atoms with van der Waals surface area (Å²) < 4.78 is 34.9. The Balaban J connectivity index is 0.970. The highest BCUT2D eigenvalue weighted by molar-refractivity contribution is 6.31. The van der Waals surface area contributed by atoms with Gasteiger partial charge < -0.3 is 54.2 Å². The minimum absolute atomic E-state index is 0.0572. The molecule has 0 spiro atoms. The molecule has 0 unspecified atom stereocenters. The molecule has 21 heteroatoms. The lowest BCUT2D eigenvalue weighted by Crippen LogP contribution is -2.56. The van der Waals surface area contributed by atoms with Crippen molar-refractivity contribution in [1.29, 1.82) is 0 Å². The first-order valence-electron chi connectivity index (χ1n) is 19.0. The summed E-state index contributed by atoms with van der Waals surface area (Å²) in [5.74, 6) is -3.62. The van der Waals surface area contributed by atoms with Gasteiger partial charge in [0, 0.05) is 36.0 Å². The second kappa shape index (κ2) is 15.8. The number of carbonyl (C=O) groups is 4. The van der Waals surface area contributed by atoms with Crippen LogP contribution >= 0.6 is 0 Å². The van der Waals surface area contributed by atoms with Gasteiger partial charge in [-0.1, -0.05) is 17.3 Å². The summed E-state index contributed by atoms with van der Waals surface area (Å²) >= 11 is 0. The van der Waals surface area contributed by atoms with E-state index in [1.54, 1.807) is 0 Å². The fourth-order valence-corrected chi connectivity index (χ4v) is 8.17. The van der Waals surface area contributed by atoms with Crippen molar-refractivity contribution in [2.75, 3.05) is 13.9 Å². The Morgan fingerprint density at radius 2 is 1.82 bits per heavy atom. The summed E-state index contributed by atoms with van der Waals surface area (Å²) in [5, 5.41) is 68.2. The van der Waals surface area contributed by atoms with E-state index in [0.717, 1.165) is 6.92 Å². The molecule has 5 N–H and O–H groups in total. The van der Waals surface area contributed by atoms with Crippen LogP contribution in [-0.4, -0.2) is 108 Å². The predicted octanol–water partition coefficient (Wildman–Crippen LogP) is 1.83. The van der Waals surface area contributed by atoms with Crippen LogP contribution in [0.5, 0.6) is 28.7 Å². The molecule has 61 heavy (non-hydrogen) atoms. The summed E-state index contributed by atoms with van der Waals surface area (Å²) in [4.78, 5) is 64.9. The van der Waals surface area contributed by atoms with E-state index >= 15 is 0 Å². The van der Waals surface area contributed by atoms with Gasteiger partial charge in [-0.2, -0.15) is 0 Å². The third kappa shape index (κ3) is 7.39. The van der Waals surface area contributed by atoms with Gasteiger partial charge in [-0.15, -0.1) is 5.10 Å². The lowest BCUT2D eigenvalue weighted by atomic mass is 9.72. The first-order valence-corrected chi connectivity index (χ1v) is 19.0. The highest BCUT2D eigenvalue weighted by Crippen LogP contribution is 2.52. The van der Waals surface area contributed by atoms with Gasteiger partial charge in [0.1, 0.15) is 41.2 Å². The van der Waals surface area contributed by atoms with Crippen LogP contribution < -0.4 is 19.5 Å². The zero-order valence-corrected chi connectivity index (χ0v) is 32.8. The Morgan fingerprint density at radius 3 is 2.54 bits per heavy atom. The number of rotatable bonds is 12. The van der Waals surface area contributed by atoms with E-state index < -0.39 is 99.9 Å². The standard InChI is InChI=1S/C40H39N5O16/c1-17-35(48)23(41-29(47)13-44-12-20(42-43-44)15-57-14-19-7-26-27(59-16-58-26)9-24(19)45(54)55)8-30(60-17)61-28-11-40(53,18(2)46)10-22-32(28)39(52)34-33(37(22)50)36(49)21-5-4-6-25(56-3)31(21)38(34)51/h4-7,9,12,17,23,28,30,35,48,50,52-53H,8,10-11,13-16H2,1-3H3,(H,41,47)/t17-,23-,28-,30-,35+,40-/m0/s1. The van der Waals surface area contributed by atoms with E-state index in [2.05, 4.69) is 15.6 Å². The maximum Gasteiger partial charge on any atom is 0.278 e. The number of fused-ring (bicyclic) bond motifs is 4. The minimum Gasteiger partial charge on any atom is -0.507 e. The molecule has 4 aromatic rings.